The number of benzene rings is 1. The van der Waals surface area contributed by atoms with Crippen molar-refractivity contribution < 1.29 is 9.90 Å². The zero-order chi connectivity index (χ0) is 13.0. The van der Waals surface area contributed by atoms with Crippen LogP contribution in [0.3, 0.4) is 0 Å². The van der Waals surface area contributed by atoms with Gasteiger partial charge in [-0.1, -0.05) is 19.1 Å². The first-order valence-corrected chi connectivity index (χ1v) is 6.01. The van der Waals surface area contributed by atoms with Gasteiger partial charge in [-0.2, -0.15) is 0 Å². The van der Waals surface area contributed by atoms with Gasteiger partial charge in [0.2, 0.25) is 0 Å². The smallest absolute Gasteiger partial charge is 0.308 e. The van der Waals surface area contributed by atoms with E-state index in [1.807, 2.05) is 6.07 Å². The van der Waals surface area contributed by atoms with Crippen LogP contribution in [-0.2, 0) is 4.79 Å². The van der Waals surface area contributed by atoms with Crippen molar-refractivity contribution in [3.63, 3.8) is 0 Å². The van der Waals surface area contributed by atoms with Gasteiger partial charge in [0.1, 0.15) is 0 Å². The summed E-state index contributed by atoms with van der Waals surface area (Å²) in [7, 11) is 0. The van der Waals surface area contributed by atoms with Crippen LogP contribution in [0, 0.1) is 19.8 Å². The Balaban J connectivity index is 2.94. The van der Waals surface area contributed by atoms with Gasteiger partial charge in [-0.3, -0.25) is 4.79 Å². The Morgan fingerprint density at radius 2 is 2.06 bits per heavy atom. The van der Waals surface area contributed by atoms with Gasteiger partial charge < -0.3 is 10.0 Å². The van der Waals surface area contributed by atoms with Gasteiger partial charge in [0.25, 0.3) is 0 Å². The quantitative estimate of drug-likeness (QED) is 0.853. The molecule has 0 saturated carbocycles. The van der Waals surface area contributed by atoms with E-state index in [0.717, 1.165) is 12.2 Å². The number of carbonyl (C=O) groups is 1. The van der Waals surface area contributed by atoms with E-state index >= 15 is 0 Å². The summed E-state index contributed by atoms with van der Waals surface area (Å²) < 4.78 is 0. The predicted molar refractivity (Wildman–Crippen MR) is 70.6 cm³/mol. The molecule has 0 spiro atoms. The molecule has 17 heavy (non-hydrogen) atoms. The Kier molecular flexibility index (Phi) is 4.55. The summed E-state index contributed by atoms with van der Waals surface area (Å²) >= 11 is 0. The molecule has 0 saturated heterocycles. The topological polar surface area (TPSA) is 40.5 Å². The molecule has 0 radical (unpaired) electrons. The van der Waals surface area contributed by atoms with Crippen LogP contribution in [0.5, 0.6) is 0 Å². The van der Waals surface area contributed by atoms with Gasteiger partial charge in [-0.15, -0.1) is 0 Å². The van der Waals surface area contributed by atoms with Crippen LogP contribution < -0.4 is 4.90 Å². The molecule has 1 rings (SSSR count). The van der Waals surface area contributed by atoms with Crippen LogP contribution in [0.1, 0.15) is 25.0 Å². The molecule has 0 fully saturated rings. The lowest BCUT2D eigenvalue weighted by atomic mass is 10.1. The standard InChI is InChI=1S/C14H21NO2/c1-5-15(9-11(3)14(16)17)13-8-6-7-10(2)12(13)4/h6-8,11H,5,9H2,1-4H3,(H,16,17). The second-order valence-electron chi connectivity index (χ2n) is 4.50. The molecule has 0 aliphatic rings. The number of hydrogen-bond donors (Lipinski definition) is 1. The second kappa shape index (κ2) is 5.71. The highest BCUT2D eigenvalue weighted by molar-refractivity contribution is 5.70. The molecule has 3 heteroatoms. The summed E-state index contributed by atoms with van der Waals surface area (Å²) in [5.74, 6) is -1.09. The van der Waals surface area contributed by atoms with E-state index in [4.69, 9.17) is 5.11 Å². The van der Waals surface area contributed by atoms with E-state index in [0.29, 0.717) is 6.54 Å². The number of anilines is 1. The van der Waals surface area contributed by atoms with E-state index < -0.39 is 5.97 Å². The van der Waals surface area contributed by atoms with E-state index in [1.165, 1.54) is 11.1 Å². The van der Waals surface area contributed by atoms with Crippen LogP contribution >= 0.6 is 0 Å². The molecule has 0 aromatic heterocycles. The van der Waals surface area contributed by atoms with Crippen molar-refractivity contribution in [1.29, 1.82) is 0 Å². The van der Waals surface area contributed by atoms with Crippen molar-refractivity contribution in [2.75, 3.05) is 18.0 Å². The Labute approximate surface area is 103 Å². The van der Waals surface area contributed by atoms with Crippen LogP contribution in [-0.4, -0.2) is 24.2 Å². The van der Waals surface area contributed by atoms with E-state index in [9.17, 15) is 4.79 Å². The molecule has 0 amide bonds. The van der Waals surface area contributed by atoms with Gasteiger partial charge >= 0.3 is 5.97 Å². The fraction of sp³-hybridized carbons (Fsp3) is 0.500. The molecule has 1 unspecified atom stereocenters. The number of aliphatic carboxylic acids is 1. The highest BCUT2D eigenvalue weighted by atomic mass is 16.4. The Hall–Kier alpha value is -1.51. The van der Waals surface area contributed by atoms with E-state index in [1.54, 1.807) is 6.92 Å². The van der Waals surface area contributed by atoms with Crippen LogP contribution in [0.4, 0.5) is 5.69 Å². The first kappa shape index (κ1) is 13.6. The van der Waals surface area contributed by atoms with E-state index in [-0.39, 0.29) is 5.92 Å². The van der Waals surface area contributed by atoms with Crippen molar-refractivity contribution in [3.05, 3.63) is 29.3 Å². The zero-order valence-electron chi connectivity index (χ0n) is 11.0. The maximum absolute atomic E-state index is 10.9. The highest BCUT2D eigenvalue weighted by Gasteiger charge is 2.16. The first-order chi connectivity index (χ1) is 7.97. The summed E-state index contributed by atoms with van der Waals surface area (Å²) in [5, 5.41) is 8.97. The molecule has 0 aliphatic heterocycles. The minimum absolute atomic E-state index is 0.352. The number of carboxylic acid groups (broad SMARTS) is 1. The Morgan fingerprint density at radius 1 is 1.41 bits per heavy atom. The zero-order valence-corrected chi connectivity index (χ0v) is 11.0. The third kappa shape index (κ3) is 3.22. The number of carboxylic acids is 1. The lowest BCUT2D eigenvalue weighted by Gasteiger charge is -2.27. The van der Waals surface area contributed by atoms with Crippen LogP contribution in [0.15, 0.2) is 18.2 Å². The normalized spacial score (nSPS) is 12.2. The maximum atomic E-state index is 10.9. The van der Waals surface area contributed by atoms with Crippen molar-refractivity contribution in [2.24, 2.45) is 5.92 Å². The molecule has 0 heterocycles. The fourth-order valence-corrected chi connectivity index (χ4v) is 1.88. The van der Waals surface area contributed by atoms with Gasteiger partial charge in [0.15, 0.2) is 0 Å². The Morgan fingerprint density at radius 3 is 2.59 bits per heavy atom. The molecule has 1 N–H and O–H groups in total. The first-order valence-electron chi connectivity index (χ1n) is 6.01. The molecule has 0 aliphatic carbocycles. The predicted octanol–water partition coefficient (Wildman–Crippen LogP) is 2.85. The number of nitrogens with zero attached hydrogens (tertiary/aromatic N) is 1. The summed E-state index contributed by atoms with van der Waals surface area (Å²) in [6, 6.07) is 6.15. The molecule has 94 valence electrons. The van der Waals surface area contributed by atoms with Crippen molar-refractivity contribution >= 4 is 11.7 Å². The second-order valence-corrected chi connectivity index (χ2v) is 4.50. The third-order valence-electron chi connectivity index (χ3n) is 3.21. The largest absolute Gasteiger partial charge is 0.481 e. The molecular weight excluding hydrogens is 214 g/mol. The average Bonchev–Trinajstić information content (AvgIpc) is 2.29. The SMILES string of the molecule is CCN(CC(C)C(=O)O)c1cccc(C)c1C. The third-order valence-corrected chi connectivity index (χ3v) is 3.21. The molecule has 1 aromatic carbocycles. The molecule has 3 nitrogen and oxygen atoms in total. The fourth-order valence-electron chi connectivity index (χ4n) is 1.88. The van der Waals surface area contributed by atoms with Gasteiger partial charge in [0.05, 0.1) is 5.92 Å². The maximum Gasteiger partial charge on any atom is 0.308 e. The lowest BCUT2D eigenvalue weighted by Crippen LogP contribution is -2.32. The molecular formula is C14H21NO2. The summed E-state index contributed by atoms with van der Waals surface area (Å²) in [4.78, 5) is 13.0. The molecule has 1 aromatic rings. The van der Waals surface area contributed by atoms with Crippen LogP contribution in [0.25, 0.3) is 0 Å². The van der Waals surface area contributed by atoms with E-state index in [2.05, 4.69) is 37.8 Å². The highest BCUT2D eigenvalue weighted by Crippen LogP contribution is 2.23. The number of rotatable bonds is 5. The molecule has 1 atom stereocenters. The number of hydrogen-bond acceptors (Lipinski definition) is 2. The summed E-state index contributed by atoms with van der Waals surface area (Å²) in [6.07, 6.45) is 0. The minimum Gasteiger partial charge on any atom is -0.481 e. The van der Waals surface area contributed by atoms with Gasteiger partial charge in [-0.25, -0.2) is 0 Å². The van der Waals surface area contributed by atoms with Crippen molar-refractivity contribution in [1.82, 2.24) is 0 Å². The van der Waals surface area contributed by atoms with Crippen LogP contribution in [0.2, 0.25) is 0 Å². The van der Waals surface area contributed by atoms with Gasteiger partial charge in [-0.05, 0) is 38.0 Å². The Bertz CT molecular complexity index is 401. The number of aryl methyl sites for hydroxylation is 1. The van der Waals surface area contributed by atoms with Crippen molar-refractivity contribution in [2.45, 2.75) is 27.7 Å². The summed E-state index contributed by atoms with van der Waals surface area (Å²) in [6.45, 7) is 9.33. The lowest BCUT2D eigenvalue weighted by molar-refractivity contribution is -0.140. The summed E-state index contributed by atoms with van der Waals surface area (Å²) in [5.41, 5.74) is 3.61. The van der Waals surface area contributed by atoms with Gasteiger partial charge in [0, 0.05) is 18.8 Å². The minimum atomic E-state index is -0.742. The molecule has 0 bridgehead atoms. The monoisotopic (exact) mass is 235 g/mol. The van der Waals surface area contributed by atoms with Crippen molar-refractivity contribution in [3.8, 4) is 0 Å². The average molecular weight is 235 g/mol.